The van der Waals surface area contributed by atoms with Gasteiger partial charge in [-0.15, -0.1) is 0 Å². The second kappa shape index (κ2) is 7.41. The van der Waals surface area contributed by atoms with Crippen molar-refractivity contribution in [3.8, 4) is 28.7 Å². The second-order valence-corrected chi connectivity index (χ2v) is 4.82. The summed E-state index contributed by atoms with van der Waals surface area (Å²) < 4.78 is 15.8. The molecule has 0 aliphatic rings. The average molecular weight is 330 g/mol. The summed E-state index contributed by atoms with van der Waals surface area (Å²) in [7, 11) is 4.49. The smallest absolute Gasteiger partial charge is 0.203 e. The molecule has 0 heterocycles. The van der Waals surface area contributed by atoms with Crippen molar-refractivity contribution in [2.24, 2.45) is 0 Å². The van der Waals surface area contributed by atoms with Crippen LogP contribution in [0.1, 0.15) is 15.9 Å². The number of carbonyl (C=O) groups excluding carboxylic acids is 1. The molecule has 24 heavy (non-hydrogen) atoms. The van der Waals surface area contributed by atoms with E-state index in [-0.39, 0.29) is 17.1 Å². The van der Waals surface area contributed by atoms with Gasteiger partial charge in [0.2, 0.25) is 5.75 Å². The molecule has 0 unspecified atom stereocenters. The molecule has 0 radical (unpaired) electrons. The minimum absolute atomic E-state index is 0.00527. The predicted molar refractivity (Wildman–Crippen MR) is 89.2 cm³/mol. The molecule has 6 heteroatoms. The van der Waals surface area contributed by atoms with E-state index in [0.29, 0.717) is 22.8 Å². The van der Waals surface area contributed by atoms with Gasteiger partial charge in [-0.2, -0.15) is 0 Å². The fraction of sp³-hybridized carbons (Fsp3) is 0.167. The monoisotopic (exact) mass is 330 g/mol. The third kappa shape index (κ3) is 3.43. The van der Waals surface area contributed by atoms with Crippen molar-refractivity contribution in [3.63, 3.8) is 0 Å². The van der Waals surface area contributed by atoms with Gasteiger partial charge in [0.1, 0.15) is 11.5 Å². The molecule has 0 amide bonds. The summed E-state index contributed by atoms with van der Waals surface area (Å²) >= 11 is 0. The first-order valence-corrected chi connectivity index (χ1v) is 7.05. The van der Waals surface area contributed by atoms with Crippen molar-refractivity contribution in [2.75, 3.05) is 21.3 Å². The summed E-state index contributed by atoms with van der Waals surface area (Å²) in [6.07, 6.45) is 2.81. The van der Waals surface area contributed by atoms with Crippen molar-refractivity contribution in [2.45, 2.75) is 0 Å². The molecule has 0 atom stereocenters. The van der Waals surface area contributed by atoms with E-state index in [0.717, 1.165) is 0 Å². The molecule has 126 valence electrons. The lowest BCUT2D eigenvalue weighted by atomic mass is 10.1. The molecule has 0 saturated carbocycles. The van der Waals surface area contributed by atoms with Crippen LogP contribution in [0.3, 0.4) is 0 Å². The number of phenols is 2. The highest BCUT2D eigenvalue weighted by Crippen LogP contribution is 2.40. The van der Waals surface area contributed by atoms with Gasteiger partial charge in [0.25, 0.3) is 0 Å². The van der Waals surface area contributed by atoms with Gasteiger partial charge >= 0.3 is 0 Å². The maximum absolute atomic E-state index is 12.2. The second-order valence-electron chi connectivity index (χ2n) is 4.82. The van der Waals surface area contributed by atoms with Crippen molar-refractivity contribution >= 4 is 11.9 Å². The Hall–Kier alpha value is -3.15. The molecule has 0 aliphatic carbocycles. The number of aromatic hydroxyl groups is 2. The molecular formula is C18H18O6. The van der Waals surface area contributed by atoms with E-state index < -0.39 is 5.78 Å². The molecule has 0 bridgehead atoms. The van der Waals surface area contributed by atoms with Gasteiger partial charge in [0.05, 0.1) is 26.9 Å². The summed E-state index contributed by atoms with van der Waals surface area (Å²) in [6.45, 7) is 0. The first-order chi connectivity index (χ1) is 11.5. The van der Waals surface area contributed by atoms with Gasteiger partial charge in [-0.05, 0) is 42.5 Å². The van der Waals surface area contributed by atoms with Crippen molar-refractivity contribution in [1.29, 1.82) is 0 Å². The molecule has 2 aromatic rings. The maximum atomic E-state index is 12.2. The van der Waals surface area contributed by atoms with Gasteiger partial charge in [-0.3, -0.25) is 4.79 Å². The number of ketones is 1. The summed E-state index contributed by atoms with van der Waals surface area (Å²) in [6, 6.07) is 7.16. The summed E-state index contributed by atoms with van der Waals surface area (Å²) in [5.74, 6) is 0.564. The first kappa shape index (κ1) is 17.2. The van der Waals surface area contributed by atoms with Gasteiger partial charge in [-0.1, -0.05) is 0 Å². The maximum Gasteiger partial charge on any atom is 0.203 e. The zero-order valence-electron chi connectivity index (χ0n) is 13.6. The number of benzene rings is 2. The number of carbonyl (C=O) groups is 1. The van der Waals surface area contributed by atoms with Crippen molar-refractivity contribution in [3.05, 3.63) is 47.5 Å². The van der Waals surface area contributed by atoms with E-state index in [9.17, 15) is 15.0 Å². The topological polar surface area (TPSA) is 85.2 Å². The minimum atomic E-state index is -0.458. The van der Waals surface area contributed by atoms with E-state index in [1.165, 1.54) is 51.7 Å². The van der Waals surface area contributed by atoms with Gasteiger partial charge in [-0.25, -0.2) is 0 Å². The molecule has 2 rings (SSSR count). The molecule has 0 aromatic heterocycles. The van der Waals surface area contributed by atoms with Crippen LogP contribution in [0.15, 0.2) is 36.4 Å². The van der Waals surface area contributed by atoms with E-state index in [2.05, 4.69) is 0 Å². The van der Waals surface area contributed by atoms with E-state index in [1.54, 1.807) is 12.1 Å². The lowest BCUT2D eigenvalue weighted by Crippen LogP contribution is -1.98. The highest BCUT2D eigenvalue weighted by atomic mass is 16.5. The van der Waals surface area contributed by atoms with Crippen LogP contribution in [0.5, 0.6) is 28.7 Å². The number of hydrogen-bond acceptors (Lipinski definition) is 6. The Morgan fingerprint density at radius 2 is 1.67 bits per heavy atom. The number of allylic oxidation sites excluding steroid dienone is 1. The number of rotatable bonds is 6. The Bertz CT molecular complexity index is 779. The summed E-state index contributed by atoms with van der Waals surface area (Å²) in [5.41, 5.74) is 0.605. The lowest BCUT2D eigenvalue weighted by molar-refractivity contribution is 0.104. The van der Waals surface area contributed by atoms with Gasteiger partial charge in [0, 0.05) is 5.56 Å². The number of phenolic OH excluding ortho intramolecular Hbond substituents is 2. The molecule has 0 aliphatic heterocycles. The Morgan fingerprint density at radius 1 is 0.958 bits per heavy atom. The first-order valence-electron chi connectivity index (χ1n) is 7.05. The largest absolute Gasteiger partial charge is 0.508 e. The van der Waals surface area contributed by atoms with Gasteiger partial charge < -0.3 is 24.4 Å². The Labute approximate surface area is 139 Å². The minimum Gasteiger partial charge on any atom is -0.508 e. The number of ether oxygens (including phenoxy) is 3. The predicted octanol–water partition coefficient (Wildman–Crippen LogP) is 3.02. The fourth-order valence-corrected chi connectivity index (χ4v) is 2.23. The SMILES string of the molecule is COc1ccc(C=CC(=O)c2cc(O)ccc2O)c(OC)c1OC. The zero-order valence-corrected chi connectivity index (χ0v) is 13.6. The van der Waals surface area contributed by atoms with Crippen LogP contribution in [-0.2, 0) is 0 Å². The van der Waals surface area contributed by atoms with Crippen LogP contribution in [0, 0.1) is 0 Å². The van der Waals surface area contributed by atoms with E-state index in [4.69, 9.17) is 14.2 Å². The van der Waals surface area contributed by atoms with Crippen LogP contribution < -0.4 is 14.2 Å². The summed E-state index contributed by atoms with van der Waals surface area (Å²) in [4.78, 5) is 12.2. The Balaban J connectivity index is 2.38. The highest BCUT2D eigenvalue weighted by molar-refractivity contribution is 6.09. The van der Waals surface area contributed by atoms with Gasteiger partial charge in [0.15, 0.2) is 17.3 Å². The molecule has 0 spiro atoms. The van der Waals surface area contributed by atoms with Crippen LogP contribution in [0.25, 0.3) is 6.08 Å². The van der Waals surface area contributed by atoms with Crippen molar-refractivity contribution in [1.82, 2.24) is 0 Å². The standard InChI is InChI=1S/C18H18O6/c1-22-16-9-5-11(17(23-2)18(16)24-3)4-7-14(20)13-10-12(19)6-8-15(13)21/h4-10,19,21H,1-3H3. The quantitative estimate of drug-likeness (QED) is 0.481. The highest BCUT2D eigenvalue weighted by Gasteiger charge is 2.15. The molecule has 2 aromatic carbocycles. The average Bonchev–Trinajstić information content (AvgIpc) is 2.60. The third-order valence-electron chi connectivity index (χ3n) is 3.39. The Kier molecular flexibility index (Phi) is 5.31. The number of hydrogen-bond donors (Lipinski definition) is 2. The lowest BCUT2D eigenvalue weighted by Gasteiger charge is -2.13. The number of methoxy groups -OCH3 is 3. The van der Waals surface area contributed by atoms with Crippen LogP contribution in [0.4, 0.5) is 0 Å². The van der Waals surface area contributed by atoms with Crippen LogP contribution in [-0.4, -0.2) is 37.3 Å². The normalized spacial score (nSPS) is 10.6. The van der Waals surface area contributed by atoms with Crippen LogP contribution in [0.2, 0.25) is 0 Å². The fourth-order valence-electron chi connectivity index (χ4n) is 2.23. The molecule has 6 nitrogen and oxygen atoms in total. The Morgan fingerprint density at radius 3 is 2.29 bits per heavy atom. The molecule has 2 N–H and O–H groups in total. The third-order valence-corrected chi connectivity index (χ3v) is 3.39. The van der Waals surface area contributed by atoms with Crippen molar-refractivity contribution < 1.29 is 29.2 Å². The zero-order chi connectivity index (χ0) is 17.7. The molecular weight excluding hydrogens is 312 g/mol. The van der Waals surface area contributed by atoms with E-state index in [1.807, 2.05) is 0 Å². The molecule has 0 fully saturated rings. The van der Waals surface area contributed by atoms with E-state index >= 15 is 0 Å². The summed E-state index contributed by atoms with van der Waals surface area (Å²) in [5, 5.41) is 19.2. The van der Waals surface area contributed by atoms with Crippen LogP contribution >= 0.6 is 0 Å². The molecule has 0 saturated heterocycles.